The number of anilines is 2. The number of rotatable bonds is 19. The molecular formula is C40H34N7O11P. The van der Waals surface area contributed by atoms with E-state index >= 15 is 0 Å². The molecule has 0 aliphatic heterocycles. The lowest BCUT2D eigenvalue weighted by atomic mass is 9.94. The summed E-state index contributed by atoms with van der Waals surface area (Å²) in [5, 5.41) is 14.8. The number of nitrogen functional groups attached to an aromatic ring is 1. The summed E-state index contributed by atoms with van der Waals surface area (Å²) in [6, 6.07) is 17.7. The van der Waals surface area contributed by atoms with Gasteiger partial charge in [0.05, 0.1) is 12.8 Å². The number of terminal acetylenes is 2. The lowest BCUT2D eigenvalue weighted by Gasteiger charge is -2.15. The number of hydrogen-bond acceptors (Lipinski definition) is 14. The third-order valence-electron chi connectivity index (χ3n) is 8.45. The molecule has 19 heteroatoms. The van der Waals surface area contributed by atoms with Gasteiger partial charge in [-0.05, 0) is 53.8 Å². The van der Waals surface area contributed by atoms with E-state index in [-0.39, 0.29) is 77.9 Å². The standard InChI is InChI=1S/C40H34N7O11P/c1-3-56-59(55,57-4-2)58-20-19-24-9-11-25(12-10-24)21-33(49)30-8-6-5-7-27(30)22-29(48)17-18-31(39(53)54)45-36(50)26-13-15-28(16-14-26)43-37(51)32-23-42-35-34(44-32)38(52)47-40(41)46-35/h1-2,5-16,23,31H,17-22H2,(H,43,51)(H,45,50)(H,53,54)(H3,41,42,46,47,52)/t31-/m0/s1. The number of H-pyrrole nitrogens is 1. The Balaban J connectivity index is 1.11. The number of nitrogens with one attached hydrogen (secondary N) is 3. The van der Waals surface area contributed by atoms with E-state index in [1.54, 1.807) is 60.7 Å². The number of carbonyl (C=O) groups is 5. The number of carbonyl (C=O) groups excluding carboxylic acids is 4. The molecule has 1 atom stereocenters. The number of aliphatic carboxylic acids is 1. The van der Waals surface area contributed by atoms with Crippen molar-refractivity contribution < 1.29 is 47.2 Å². The first-order chi connectivity index (χ1) is 28.3. The number of benzene rings is 3. The number of aromatic nitrogens is 4. The molecule has 0 aliphatic carbocycles. The van der Waals surface area contributed by atoms with Crippen LogP contribution in [0.25, 0.3) is 11.2 Å². The quantitative estimate of drug-likeness (QED) is 0.0452. The van der Waals surface area contributed by atoms with Crippen molar-refractivity contribution in [3.8, 4) is 25.1 Å². The van der Waals surface area contributed by atoms with Crippen molar-refractivity contribution in [1.82, 2.24) is 25.3 Å². The maximum Gasteiger partial charge on any atom is 0.604 e. The summed E-state index contributed by atoms with van der Waals surface area (Å²) >= 11 is 0. The van der Waals surface area contributed by atoms with Crippen LogP contribution in [0.3, 0.4) is 0 Å². The molecule has 3 aromatic carbocycles. The van der Waals surface area contributed by atoms with Crippen LogP contribution < -0.4 is 21.9 Å². The van der Waals surface area contributed by atoms with Crippen LogP contribution in [0, 0.1) is 25.1 Å². The third-order valence-corrected chi connectivity index (χ3v) is 9.61. The van der Waals surface area contributed by atoms with Gasteiger partial charge in [0.25, 0.3) is 17.4 Å². The van der Waals surface area contributed by atoms with Crippen LogP contribution in [-0.2, 0) is 47.0 Å². The summed E-state index contributed by atoms with van der Waals surface area (Å²) in [6.45, 7) is -0.0794. The molecule has 2 heterocycles. The lowest BCUT2D eigenvalue weighted by molar-refractivity contribution is -0.139. The van der Waals surface area contributed by atoms with E-state index in [1.165, 1.54) is 24.3 Å². The summed E-state index contributed by atoms with van der Waals surface area (Å²) < 4.78 is 26.4. The number of Topliss-reactive ketones (excluding diaryl/α,β-unsaturated/α-hetero) is 2. The number of phosphoric acid groups is 1. The minimum atomic E-state index is -4.09. The van der Waals surface area contributed by atoms with E-state index < -0.39 is 37.2 Å². The molecule has 59 heavy (non-hydrogen) atoms. The maximum absolute atomic E-state index is 13.3. The van der Waals surface area contributed by atoms with Crippen molar-refractivity contribution in [3.05, 3.63) is 123 Å². The van der Waals surface area contributed by atoms with Gasteiger partial charge in [-0.1, -0.05) is 61.4 Å². The number of carboxylic acids is 1. The first kappa shape index (κ1) is 42.5. The Kier molecular flexibility index (Phi) is 14.0. The predicted molar refractivity (Wildman–Crippen MR) is 212 cm³/mol. The van der Waals surface area contributed by atoms with E-state index in [9.17, 15) is 38.4 Å². The van der Waals surface area contributed by atoms with Crippen molar-refractivity contribution in [2.24, 2.45) is 0 Å². The van der Waals surface area contributed by atoms with E-state index in [2.05, 4.69) is 39.6 Å². The maximum atomic E-state index is 13.3. The fourth-order valence-corrected chi connectivity index (χ4v) is 6.29. The average molecular weight is 820 g/mol. The fourth-order valence-electron chi connectivity index (χ4n) is 5.58. The Morgan fingerprint density at radius 2 is 1.58 bits per heavy atom. The second kappa shape index (κ2) is 19.5. The molecule has 0 spiro atoms. The van der Waals surface area contributed by atoms with Crippen molar-refractivity contribution in [2.45, 2.75) is 38.1 Å². The molecule has 2 amide bonds. The van der Waals surface area contributed by atoms with Gasteiger partial charge in [-0.15, -0.1) is 0 Å². The Hall–Kier alpha value is -7.66. The molecule has 0 bridgehead atoms. The average Bonchev–Trinajstić information content (AvgIpc) is 3.20. The van der Waals surface area contributed by atoms with Crippen LogP contribution in [0.5, 0.6) is 0 Å². The van der Waals surface area contributed by atoms with Crippen LogP contribution in [-0.4, -0.2) is 67.0 Å². The minimum Gasteiger partial charge on any atom is -0.480 e. The van der Waals surface area contributed by atoms with Crippen LogP contribution in [0.2, 0.25) is 0 Å². The van der Waals surface area contributed by atoms with Gasteiger partial charge >= 0.3 is 13.8 Å². The van der Waals surface area contributed by atoms with Gasteiger partial charge in [0, 0.05) is 36.1 Å². The number of nitrogens with zero attached hydrogens (tertiary/aromatic N) is 3. The molecular weight excluding hydrogens is 785 g/mol. The van der Waals surface area contributed by atoms with Crippen LogP contribution >= 0.6 is 7.82 Å². The molecule has 0 fully saturated rings. The number of phosphoric ester groups is 1. The first-order valence-corrected chi connectivity index (χ1v) is 18.9. The predicted octanol–water partition coefficient (Wildman–Crippen LogP) is 3.63. The summed E-state index contributed by atoms with van der Waals surface area (Å²) in [6.07, 6.45) is 14.3. The second-order valence-corrected chi connectivity index (χ2v) is 14.1. The van der Waals surface area contributed by atoms with Crippen molar-refractivity contribution in [3.63, 3.8) is 0 Å². The Morgan fingerprint density at radius 1 is 0.898 bits per heavy atom. The van der Waals surface area contributed by atoms with Crippen molar-refractivity contribution >= 4 is 60.0 Å². The largest absolute Gasteiger partial charge is 0.604 e. The number of fused-ring (bicyclic) bond motifs is 1. The molecule has 5 aromatic rings. The van der Waals surface area contributed by atoms with Gasteiger partial charge < -0.3 is 30.5 Å². The summed E-state index contributed by atoms with van der Waals surface area (Å²) in [5.74, 6) is -3.54. The molecule has 2 aromatic heterocycles. The smallest absolute Gasteiger partial charge is 0.480 e. The summed E-state index contributed by atoms with van der Waals surface area (Å²) in [5.41, 5.74) is 7.03. The Labute approximate surface area is 335 Å². The molecule has 0 saturated heterocycles. The van der Waals surface area contributed by atoms with Crippen LogP contribution in [0.15, 0.2) is 83.8 Å². The lowest BCUT2D eigenvalue weighted by Crippen LogP contribution is -2.41. The van der Waals surface area contributed by atoms with E-state index in [1.807, 2.05) is 0 Å². The molecule has 5 rings (SSSR count). The zero-order chi connectivity index (χ0) is 42.5. The molecule has 0 radical (unpaired) electrons. The number of aromatic amines is 1. The monoisotopic (exact) mass is 819 g/mol. The highest BCUT2D eigenvalue weighted by Gasteiger charge is 2.28. The fraction of sp³-hybridized carbons (Fsp3) is 0.175. The highest BCUT2D eigenvalue weighted by molar-refractivity contribution is 7.48. The van der Waals surface area contributed by atoms with Crippen LogP contribution in [0.1, 0.15) is 60.7 Å². The molecule has 6 N–H and O–H groups in total. The van der Waals surface area contributed by atoms with E-state index in [0.717, 1.165) is 11.8 Å². The van der Waals surface area contributed by atoms with Crippen molar-refractivity contribution in [2.75, 3.05) is 17.7 Å². The normalized spacial score (nSPS) is 11.4. The highest BCUT2D eigenvalue weighted by atomic mass is 31.2. The number of hydrogen-bond donors (Lipinski definition) is 5. The zero-order valence-electron chi connectivity index (χ0n) is 30.9. The number of ketones is 2. The first-order valence-electron chi connectivity index (χ1n) is 17.5. The summed E-state index contributed by atoms with van der Waals surface area (Å²) in [4.78, 5) is 90.3. The van der Waals surface area contributed by atoms with E-state index in [0.29, 0.717) is 23.1 Å². The van der Waals surface area contributed by atoms with Gasteiger partial charge in [-0.2, -0.15) is 4.98 Å². The number of carboxylic acid groups (broad SMARTS) is 1. The zero-order valence-corrected chi connectivity index (χ0v) is 31.8. The van der Waals surface area contributed by atoms with Gasteiger partial charge in [-0.3, -0.25) is 33.5 Å². The molecule has 18 nitrogen and oxygen atoms in total. The molecule has 0 saturated carbocycles. The third kappa shape index (κ3) is 11.7. The Morgan fingerprint density at radius 3 is 2.25 bits per heavy atom. The van der Waals surface area contributed by atoms with Crippen molar-refractivity contribution in [1.29, 1.82) is 0 Å². The molecule has 0 unspecified atom stereocenters. The van der Waals surface area contributed by atoms with Gasteiger partial charge in [0.1, 0.15) is 29.7 Å². The van der Waals surface area contributed by atoms with Gasteiger partial charge in [0.15, 0.2) is 16.9 Å². The number of nitrogens with two attached hydrogens (primary N) is 1. The van der Waals surface area contributed by atoms with Crippen LogP contribution in [0.4, 0.5) is 11.6 Å². The molecule has 0 aliphatic rings. The van der Waals surface area contributed by atoms with E-state index in [4.69, 9.17) is 23.1 Å². The number of amides is 2. The van der Waals surface area contributed by atoms with Gasteiger partial charge in [-0.25, -0.2) is 19.3 Å². The minimum absolute atomic E-state index is 0.0270. The summed E-state index contributed by atoms with van der Waals surface area (Å²) in [7, 11) is -4.09. The SMILES string of the molecule is C#COP(=O)(OC#C)OCCc1ccc(CC(=O)c2ccccc2CC(=O)CC[C@H](NC(=O)c2ccc(NC(=O)c3cnc4nc(N)[nH]c(=O)c4n3)cc2)C(=O)O)cc1. The second-order valence-electron chi connectivity index (χ2n) is 12.6. The topological polar surface area (TPSA) is 272 Å². The Bertz CT molecular complexity index is 2580. The van der Waals surface area contributed by atoms with Gasteiger partial charge in [0.2, 0.25) is 5.95 Å². The highest BCUT2D eigenvalue weighted by Crippen LogP contribution is 2.48. The molecule has 300 valence electrons.